The molecule has 0 unspecified atom stereocenters. The first-order valence-electron chi connectivity index (χ1n) is 4.42. The van der Waals surface area contributed by atoms with Gasteiger partial charge in [0, 0.05) is 0 Å². The number of para-hydroxylation sites is 2. The average Bonchev–Trinajstić information content (AvgIpc) is 2.47. The molecule has 1 aromatic heterocycles. The summed E-state index contributed by atoms with van der Waals surface area (Å²) in [4.78, 5) is 4.30. The van der Waals surface area contributed by atoms with Crippen molar-refractivity contribution in [2.24, 2.45) is 0 Å². The highest BCUT2D eigenvalue weighted by molar-refractivity contribution is 7.78. The average molecular weight is 194 g/mol. The Balaban J connectivity index is 0.000000396. The first-order chi connectivity index (χ1) is 6.29. The van der Waals surface area contributed by atoms with Crippen LogP contribution in [0.4, 0.5) is 0 Å². The van der Waals surface area contributed by atoms with Crippen molar-refractivity contribution in [3.05, 3.63) is 30.1 Å². The van der Waals surface area contributed by atoms with Crippen molar-refractivity contribution >= 4 is 23.8 Å². The zero-order valence-electron chi connectivity index (χ0n) is 8.15. The van der Waals surface area contributed by atoms with E-state index in [2.05, 4.69) is 17.8 Å². The molecule has 0 amide bonds. The number of imidazole rings is 1. The van der Waals surface area contributed by atoms with E-state index >= 15 is 0 Å². The Morgan fingerprint density at radius 1 is 1.23 bits per heavy atom. The number of aromatic nitrogens is 2. The minimum Gasteiger partial charge on any atom is -0.273 e. The Labute approximate surface area is 84.1 Å². The van der Waals surface area contributed by atoms with E-state index in [0.717, 1.165) is 16.9 Å². The Morgan fingerprint density at radius 2 is 1.85 bits per heavy atom. The highest BCUT2D eigenvalue weighted by Crippen LogP contribution is 2.15. The molecule has 2 aromatic rings. The molecule has 0 saturated carbocycles. The summed E-state index contributed by atoms with van der Waals surface area (Å²) in [5, 5.41) is 0. The van der Waals surface area contributed by atoms with Crippen molar-refractivity contribution in [1.29, 1.82) is 0 Å². The van der Waals surface area contributed by atoms with Crippen LogP contribution in [-0.2, 0) is 0 Å². The summed E-state index contributed by atoms with van der Waals surface area (Å²) in [6, 6.07) is 7.94. The summed E-state index contributed by atoms with van der Waals surface area (Å²) in [7, 11) is 0. The fourth-order valence-electron chi connectivity index (χ4n) is 1.13. The van der Waals surface area contributed by atoms with E-state index in [0.29, 0.717) is 0 Å². The van der Waals surface area contributed by atoms with E-state index in [1.54, 1.807) is 3.97 Å². The number of thiol groups is 1. The largest absolute Gasteiger partial charge is 0.273 e. The molecule has 2 rings (SSSR count). The van der Waals surface area contributed by atoms with Gasteiger partial charge in [0.15, 0.2) is 0 Å². The first-order valence-corrected chi connectivity index (χ1v) is 4.82. The lowest BCUT2D eigenvalue weighted by molar-refractivity contribution is 1.12. The van der Waals surface area contributed by atoms with Crippen molar-refractivity contribution in [1.82, 2.24) is 8.96 Å². The van der Waals surface area contributed by atoms with Crippen LogP contribution in [0.5, 0.6) is 0 Å². The Hall–Kier alpha value is -0.960. The topological polar surface area (TPSA) is 17.8 Å². The van der Waals surface area contributed by atoms with Crippen LogP contribution in [0.3, 0.4) is 0 Å². The summed E-state index contributed by atoms with van der Waals surface area (Å²) in [6.07, 6.45) is 0. The van der Waals surface area contributed by atoms with Crippen LogP contribution in [-0.4, -0.2) is 8.96 Å². The highest BCUT2D eigenvalue weighted by atomic mass is 32.1. The quantitative estimate of drug-likeness (QED) is 0.638. The lowest BCUT2D eigenvalue weighted by Gasteiger charge is -1.92. The molecule has 0 aliphatic rings. The number of benzene rings is 1. The van der Waals surface area contributed by atoms with Crippen molar-refractivity contribution < 1.29 is 0 Å². The predicted molar refractivity (Wildman–Crippen MR) is 60.2 cm³/mol. The van der Waals surface area contributed by atoms with Crippen LogP contribution in [0, 0.1) is 6.92 Å². The summed E-state index contributed by atoms with van der Waals surface area (Å²) in [6.45, 7) is 5.94. The van der Waals surface area contributed by atoms with E-state index in [1.807, 2.05) is 45.0 Å². The van der Waals surface area contributed by atoms with Crippen LogP contribution in [0.25, 0.3) is 11.0 Å². The second-order valence-electron chi connectivity index (χ2n) is 2.46. The number of rotatable bonds is 0. The van der Waals surface area contributed by atoms with E-state index in [4.69, 9.17) is 0 Å². The van der Waals surface area contributed by atoms with Crippen LogP contribution >= 0.6 is 12.8 Å². The van der Waals surface area contributed by atoms with Crippen LogP contribution in [0.1, 0.15) is 19.7 Å². The molecule has 1 heterocycles. The number of hydrogen-bond donors (Lipinski definition) is 1. The molecule has 0 N–H and O–H groups in total. The maximum Gasteiger partial charge on any atom is 0.116 e. The van der Waals surface area contributed by atoms with Gasteiger partial charge in [-0.1, -0.05) is 38.8 Å². The third-order valence-corrected chi connectivity index (χ3v) is 2.20. The predicted octanol–water partition coefficient (Wildman–Crippen LogP) is 3.06. The van der Waals surface area contributed by atoms with Crippen molar-refractivity contribution in [3.8, 4) is 0 Å². The molecule has 2 nitrogen and oxygen atoms in total. The second-order valence-corrected chi connectivity index (χ2v) is 2.86. The first kappa shape index (κ1) is 10.1. The molecule has 0 saturated heterocycles. The minimum absolute atomic E-state index is 0.925. The lowest BCUT2D eigenvalue weighted by atomic mass is 10.3. The maximum atomic E-state index is 4.30. The minimum atomic E-state index is 0.925. The molecule has 70 valence electrons. The van der Waals surface area contributed by atoms with Gasteiger partial charge in [0.25, 0.3) is 0 Å². The van der Waals surface area contributed by atoms with Gasteiger partial charge in [-0.15, -0.1) is 0 Å². The van der Waals surface area contributed by atoms with Gasteiger partial charge < -0.3 is 0 Å². The van der Waals surface area contributed by atoms with E-state index in [-0.39, 0.29) is 0 Å². The Bertz CT molecular complexity index is 393. The monoisotopic (exact) mass is 194 g/mol. The SMILES string of the molecule is CC.Cc1nc2ccccc2n1S. The molecule has 3 heteroatoms. The van der Waals surface area contributed by atoms with Crippen molar-refractivity contribution in [2.75, 3.05) is 0 Å². The molecule has 0 fully saturated rings. The highest BCUT2D eigenvalue weighted by Gasteiger charge is 2.01. The van der Waals surface area contributed by atoms with Gasteiger partial charge >= 0.3 is 0 Å². The fourth-order valence-corrected chi connectivity index (χ4v) is 1.35. The summed E-state index contributed by atoms with van der Waals surface area (Å²) < 4.78 is 1.79. The van der Waals surface area contributed by atoms with E-state index < -0.39 is 0 Å². The fraction of sp³-hybridized carbons (Fsp3) is 0.300. The maximum absolute atomic E-state index is 4.30. The third-order valence-electron chi connectivity index (χ3n) is 1.70. The van der Waals surface area contributed by atoms with Gasteiger partial charge in [-0.2, -0.15) is 0 Å². The molecule has 0 aliphatic heterocycles. The van der Waals surface area contributed by atoms with E-state index in [9.17, 15) is 0 Å². The molecule has 1 aromatic carbocycles. The molecular weight excluding hydrogens is 180 g/mol. The van der Waals surface area contributed by atoms with Crippen LogP contribution in [0.15, 0.2) is 24.3 Å². The molecular formula is C10H14N2S. The van der Waals surface area contributed by atoms with E-state index in [1.165, 1.54) is 0 Å². The standard InChI is InChI=1S/C8H8N2S.C2H6/c1-6-9-7-4-2-3-5-8(7)10(6)11;1-2/h2-5,11H,1H3;1-2H3. The smallest absolute Gasteiger partial charge is 0.116 e. The summed E-state index contributed by atoms with van der Waals surface area (Å²) >= 11 is 4.27. The second kappa shape index (κ2) is 4.33. The van der Waals surface area contributed by atoms with Gasteiger partial charge in [0.05, 0.1) is 11.0 Å². The summed E-state index contributed by atoms with van der Waals surface area (Å²) in [5.74, 6) is 0.925. The van der Waals surface area contributed by atoms with Crippen molar-refractivity contribution in [2.45, 2.75) is 20.8 Å². The van der Waals surface area contributed by atoms with Crippen molar-refractivity contribution in [3.63, 3.8) is 0 Å². The molecule has 0 bridgehead atoms. The zero-order chi connectivity index (χ0) is 9.84. The number of nitrogens with zero attached hydrogens (tertiary/aromatic N) is 2. The number of fused-ring (bicyclic) bond motifs is 1. The summed E-state index contributed by atoms with van der Waals surface area (Å²) in [5.41, 5.74) is 2.06. The Morgan fingerprint density at radius 3 is 2.46 bits per heavy atom. The zero-order valence-corrected chi connectivity index (χ0v) is 9.05. The molecule has 0 aliphatic carbocycles. The molecule has 0 radical (unpaired) electrons. The van der Waals surface area contributed by atoms with Gasteiger partial charge in [-0.05, 0) is 19.1 Å². The van der Waals surface area contributed by atoms with Gasteiger partial charge in [-0.3, -0.25) is 3.97 Å². The third kappa shape index (κ3) is 1.86. The molecule has 0 atom stereocenters. The van der Waals surface area contributed by atoms with Gasteiger partial charge in [0.2, 0.25) is 0 Å². The normalized spacial score (nSPS) is 9.54. The van der Waals surface area contributed by atoms with Crippen LogP contribution < -0.4 is 0 Å². The lowest BCUT2D eigenvalue weighted by Crippen LogP contribution is -1.81. The Kier molecular flexibility index (Phi) is 3.37. The molecule has 13 heavy (non-hydrogen) atoms. The molecule has 0 spiro atoms. The van der Waals surface area contributed by atoms with Gasteiger partial charge in [-0.25, -0.2) is 4.98 Å². The van der Waals surface area contributed by atoms with Crippen LogP contribution in [0.2, 0.25) is 0 Å². The van der Waals surface area contributed by atoms with Gasteiger partial charge in [0.1, 0.15) is 5.82 Å². The number of hydrogen-bond acceptors (Lipinski definition) is 2. The number of aryl methyl sites for hydroxylation is 1.